The molecule has 1 nitrogen and oxygen atoms in total. The average molecular weight is 353 g/mol. The van der Waals surface area contributed by atoms with Gasteiger partial charge >= 0.3 is 0 Å². The van der Waals surface area contributed by atoms with Crippen molar-refractivity contribution in [3.63, 3.8) is 0 Å². The van der Waals surface area contributed by atoms with Crippen molar-refractivity contribution in [3.05, 3.63) is 68.1 Å². The second-order valence-corrected chi connectivity index (χ2v) is 6.47. The molecule has 0 aliphatic heterocycles. The van der Waals surface area contributed by atoms with Gasteiger partial charge in [-0.2, -0.15) is 0 Å². The highest BCUT2D eigenvalue weighted by atomic mass is 79.9. The number of aryl methyl sites for hydroxylation is 2. The van der Waals surface area contributed by atoms with Crippen LogP contribution in [0.2, 0.25) is 5.02 Å². The number of hydrogen-bond donors (Lipinski definition) is 1. The fourth-order valence-corrected chi connectivity index (χ4v) is 2.89. The van der Waals surface area contributed by atoms with Crippen LogP contribution in [0, 0.1) is 13.8 Å². The Morgan fingerprint density at radius 3 is 2.55 bits per heavy atom. The van der Waals surface area contributed by atoms with Crippen LogP contribution >= 0.6 is 27.5 Å². The van der Waals surface area contributed by atoms with Gasteiger partial charge in [-0.3, -0.25) is 0 Å². The van der Waals surface area contributed by atoms with E-state index in [2.05, 4.69) is 72.3 Å². The van der Waals surface area contributed by atoms with Crippen LogP contribution in [0.25, 0.3) is 0 Å². The Labute approximate surface area is 134 Å². The van der Waals surface area contributed by atoms with Crippen molar-refractivity contribution in [2.24, 2.45) is 0 Å². The molecule has 0 aliphatic carbocycles. The molecule has 0 aromatic heterocycles. The smallest absolute Gasteiger partial charge is 0.0548 e. The van der Waals surface area contributed by atoms with E-state index in [0.717, 1.165) is 16.0 Å². The number of benzene rings is 2. The van der Waals surface area contributed by atoms with Gasteiger partial charge in [0.05, 0.1) is 5.02 Å². The maximum atomic E-state index is 6.01. The van der Waals surface area contributed by atoms with Gasteiger partial charge in [0, 0.05) is 17.1 Å². The molecular formula is C17H19BrClN. The number of nitrogens with one attached hydrogen (secondary N) is 1. The summed E-state index contributed by atoms with van der Waals surface area (Å²) in [5.74, 6) is 0. The molecule has 2 rings (SSSR count). The zero-order valence-corrected chi connectivity index (χ0v) is 14.3. The third-order valence-electron chi connectivity index (χ3n) is 3.49. The normalized spacial score (nSPS) is 12.4. The minimum atomic E-state index is 0.324. The SMILES string of the molecule is Cc1ccc(C(C)NCc2ccc(Cl)c(Br)c2)c(C)c1. The van der Waals surface area contributed by atoms with Crippen molar-refractivity contribution in [2.45, 2.75) is 33.4 Å². The molecule has 0 aliphatic rings. The first kappa shape index (κ1) is 15.6. The van der Waals surface area contributed by atoms with Crippen molar-refractivity contribution in [3.8, 4) is 0 Å². The maximum Gasteiger partial charge on any atom is 0.0548 e. The van der Waals surface area contributed by atoms with Crippen LogP contribution in [0.4, 0.5) is 0 Å². The summed E-state index contributed by atoms with van der Waals surface area (Å²) in [4.78, 5) is 0. The Morgan fingerprint density at radius 1 is 1.15 bits per heavy atom. The highest BCUT2D eigenvalue weighted by Gasteiger charge is 2.08. The molecule has 1 N–H and O–H groups in total. The van der Waals surface area contributed by atoms with Crippen LogP contribution in [0.5, 0.6) is 0 Å². The zero-order valence-electron chi connectivity index (χ0n) is 12.0. The third kappa shape index (κ3) is 3.85. The molecule has 0 saturated carbocycles. The molecule has 3 heteroatoms. The van der Waals surface area contributed by atoms with Crippen LogP contribution in [0.1, 0.15) is 35.2 Å². The Hall–Kier alpha value is -0.830. The van der Waals surface area contributed by atoms with Crippen LogP contribution in [0.3, 0.4) is 0 Å². The molecule has 0 fully saturated rings. The summed E-state index contributed by atoms with van der Waals surface area (Å²) in [5, 5.41) is 4.30. The van der Waals surface area contributed by atoms with Crippen molar-refractivity contribution >= 4 is 27.5 Å². The van der Waals surface area contributed by atoms with E-state index in [0.29, 0.717) is 6.04 Å². The van der Waals surface area contributed by atoms with Gasteiger partial charge in [0.1, 0.15) is 0 Å². The maximum absolute atomic E-state index is 6.01. The van der Waals surface area contributed by atoms with E-state index in [1.54, 1.807) is 0 Å². The summed E-state index contributed by atoms with van der Waals surface area (Å²) >= 11 is 9.47. The second kappa shape index (κ2) is 6.75. The van der Waals surface area contributed by atoms with E-state index >= 15 is 0 Å². The fourth-order valence-electron chi connectivity index (χ4n) is 2.34. The summed E-state index contributed by atoms with van der Waals surface area (Å²) in [6.07, 6.45) is 0. The lowest BCUT2D eigenvalue weighted by atomic mass is 10.00. The molecule has 20 heavy (non-hydrogen) atoms. The molecule has 0 saturated heterocycles. The summed E-state index contributed by atoms with van der Waals surface area (Å²) in [7, 11) is 0. The van der Waals surface area contributed by atoms with Crippen LogP contribution in [-0.2, 0) is 6.54 Å². The quantitative estimate of drug-likeness (QED) is 0.758. The van der Waals surface area contributed by atoms with Gasteiger partial charge in [0.2, 0.25) is 0 Å². The predicted octanol–water partition coefficient (Wildman–Crippen LogP) is 5.57. The number of rotatable bonds is 4. The van der Waals surface area contributed by atoms with Gasteiger partial charge in [0.25, 0.3) is 0 Å². The first-order valence-electron chi connectivity index (χ1n) is 6.72. The fraction of sp³-hybridized carbons (Fsp3) is 0.294. The Bertz CT molecular complexity index is 610. The standard InChI is InChI=1S/C17H19BrClN/c1-11-4-6-15(12(2)8-11)13(3)20-10-14-5-7-17(19)16(18)9-14/h4-9,13,20H,10H2,1-3H3. The van der Waals surface area contributed by atoms with E-state index in [-0.39, 0.29) is 0 Å². The monoisotopic (exact) mass is 351 g/mol. The van der Waals surface area contributed by atoms with Crippen molar-refractivity contribution in [2.75, 3.05) is 0 Å². The van der Waals surface area contributed by atoms with Gasteiger partial charge in [-0.25, -0.2) is 0 Å². The van der Waals surface area contributed by atoms with Crippen molar-refractivity contribution in [1.82, 2.24) is 5.32 Å². The lowest BCUT2D eigenvalue weighted by Gasteiger charge is -2.17. The Morgan fingerprint density at radius 2 is 1.90 bits per heavy atom. The first-order chi connectivity index (χ1) is 9.47. The molecule has 2 aromatic carbocycles. The van der Waals surface area contributed by atoms with E-state index in [1.165, 1.54) is 22.3 Å². The van der Waals surface area contributed by atoms with Gasteiger partial charge in [-0.1, -0.05) is 41.4 Å². The summed E-state index contributed by atoms with van der Waals surface area (Å²) in [5.41, 5.74) is 5.21. The predicted molar refractivity (Wildman–Crippen MR) is 90.3 cm³/mol. The highest BCUT2D eigenvalue weighted by molar-refractivity contribution is 9.10. The van der Waals surface area contributed by atoms with Crippen molar-refractivity contribution < 1.29 is 0 Å². The lowest BCUT2D eigenvalue weighted by molar-refractivity contribution is 0.572. The summed E-state index contributed by atoms with van der Waals surface area (Å²) in [6.45, 7) is 7.31. The molecule has 1 unspecified atom stereocenters. The lowest BCUT2D eigenvalue weighted by Crippen LogP contribution is -2.19. The molecular weight excluding hydrogens is 334 g/mol. The minimum Gasteiger partial charge on any atom is -0.306 e. The van der Waals surface area contributed by atoms with E-state index in [9.17, 15) is 0 Å². The molecule has 0 spiro atoms. The summed E-state index contributed by atoms with van der Waals surface area (Å²) < 4.78 is 0.942. The van der Waals surface area contributed by atoms with Gasteiger partial charge in [-0.15, -0.1) is 0 Å². The molecule has 0 amide bonds. The molecule has 2 aromatic rings. The largest absolute Gasteiger partial charge is 0.306 e. The van der Waals surface area contributed by atoms with Crippen LogP contribution < -0.4 is 5.32 Å². The summed E-state index contributed by atoms with van der Waals surface area (Å²) in [6, 6.07) is 13.0. The highest BCUT2D eigenvalue weighted by Crippen LogP contribution is 2.24. The average Bonchev–Trinajstić information content (AvgIpc) is 2.40. The topological polar surface area (TPSA) is 12.0 Å². The van der Waals surface area contributed by atoms with Gasteiger partial charge in [0.15, 0.2) is 0 Å². The molecule has 0 heterocycles. The first-order valence-corrected chi connectivity index (χ1v) is 7.89. The second-order valence-electron chi connectivity index (χ2n) is 5.21. The molecule has 0 bridgehead atoms. The van der Waals surface area contributed by atoms with E-state index < -0.39 is 0 Å². The number of halogens is 2. The van der Waals surface area contributed by atoms with E-state index in [1.807, 2.05) is 6.07 Å². The van der Waals surface area contributed by atoms with Gasteiger partial charge < -0.3 is 5.32 Å². The van der Waals surface area contributed by atoms with Gasteiger partial charge in [-0.05, 0) is 65.5 Å². The van der Waals surface area contributed by atoms with Crippen LogP contribution in [-0.4, -0.2) is 0 Å². The van der Waals surface area contributed by atoms with Crippen molar-refractivity contribution in [1.29, 1.82) is 0 Å². The molecule has 1 atom stereocenters. The number of hydrogen-bond acceptors (Lipinski definition) is 1. The Kier molecular flexibility index (Phi) is 5.25. The minimum absolute atomic E-state index is 0.324. The zero-order chi connectivity index (χ0) is 14.7. The molecule has 106 valence electrons. The van der Waals surface area contributed by atoms with Crippen LogP contribution in [0.15, 0.2) is 40.9 Å². The molecule has 0 radical (unpaired) electrons. The van der Waals surface area contributed by atoms with E-state index in [4.69, 9.17) is 11.6 Å². The Balaban J connectivity index is 2.04. The third-order valence-corrected chi connectivity index (χ3v) is 4.70.